The molecule has 36 heavy (non-hydrogen) atoms. The summed E-state index contributed by atoms with van der Waals surface area (Å²) >= 11 is 6.12. The second-order valence-electron chi connectivity index (χ2n) is 9.52. The first-order chi connectivity index (χ1) is 17.0. The fourth-order valence-corrected chi connectivity index (χ4v) is 3.93. The summed E-state index contributed by atoms with van der Waals surface area (Å²) in [7, 11) is 0. The molecule has 0 fully saturated rings. The number of carbonyl (C=O) groups excluding carboxylic acids is 1. The quantitative estimate of drug-likeness (QED) is 0.239. The third-order valence-electron chi connectivity index (χ3n) is 5.40. The van der Waals surface area contributed by atoms with Crippen molar-refractivity contribution in [3.05, 3.63) is 58.6 Å². The molecule has 0 aromatic heterocycles. The lowest BCUT2D eigenvalue weighted by molar-refractivity contribution is 0.0525. The molecular formula is C27H34ClN5O3. The van der Waals surface area contributed by atoms with E-state index in [2.05, 4.69) is 5.32 Å². The molecule has 1 aliphatic rings. The van der Waals surface area contributed by atoms with Gasteiger partial charge in [-0.25, -0.2) is 4.79 Å². The van der Waals surface area contributed by atoms with E-state index >= 15 is 0 Å². The third-order valence-corrected chi connectivity index (χ3v) is 5.66. The number of ether oxygens (including phenoxy) is 2. The van der Waals surface area contributed by atoms with E-state index < -0.39 is 17.7 Å². The minimum Gasteiger partial charge on any atom is -0.494 e. The molecule has 0 saturated heterocycles. The van der Waals surface area contributed by atoms with Crippen LogP contribution in [0.3, 0.4) is 0 Å². The molecule has 0 aliphatic carbocycles. The van der Waals surface area contributed by atoms with E-state index in [0.717, 1.165) is 16.8 Å². The number of fused-ring (bicyclic) bond motifs is 1. The number of alkyl carbamates (subject to hydrolysis) is 1. The van der Waals surface area contributed by atoms with Gasteiger partial charge in [-0.1, -0.05) is 30.7 Å². The number of nitrogens with zero attached hydrogens (tertiary/aromatic N) is 2. The number of halogens is 1. The molecule has 0 radical (unpaired) electrons. The van der Waals surface area contributed by atoms with Crippen molar-refractivity contribution >= 4 is 40.8 Å². The summed E-state index contributed by atoms with van der Waals surface area (Å²) in [6, 6.07) is 12.6. The van der Waals surface area contributed by atoms with Crippen molar-refractivity contribution in [1.82, 2.24) is 5.32 Å². The Bertz CT molecular complexity index is 1150. The van der Waals surface area contributed by atoms with Crippen molar-refractivity contribution in [3.8, 4) is 5.75 Å². The number of carbonyl (C=O) groups is 1. The maximum Gasteiger partial charge on any atom is 0.407 e. The molecule has 192 valence electrons. The van der Waals surface area contributed by atoms with Crippen molar-refractivity contribution in [1.29, 1.82) is 10.8 Å². The number of amidine groups is 2. The topological polar surface area (TPSA) is 111 Å². The van der Waals surface area contributed by atoms with Crippen LogP contribution in [0.1, 0.15) is 58.6 Å². The SMILES string of the molecule is CC[C@@H]1N=C(c2ccc(Cl)cc2)c2cc(OCCCNC(=O)OC(C)(C)C)ccc2N(C(C)=N)C1=N. The van der Waals surface area contributed by atoms with Gasteiger partial charge in [-0.3, -0.25) is 20.7 Å². The van der Waals surface area contributed by atoms with Crippen LogP contribution in [-0.4, -0.2) is 48.3 Å². The zero-order valence-electron chi connectivity index (χ0n) is 21.4. The minimum atomic E-state index is -0.540. The molecule has 1 amide bonds. The maximum atomic E-state index is 11.8. The Labute approximate surface area is 217 Å². The summed E-state index contributed by atoms with van der Waals surface area (Å²) in [4.78, 5) is 18.4. The van der Waals surface area contributed by atoms with Gasteiger partial charge in [0.2, 0.25) is 0 Å². The lowest BCUT2D eigenvalue weighted by Crippen LogP contribution is -2.40. The summed E-state index contributed by atoms with van der Waals surface area (Å²) in [6.07, 6.45) is 0.774. The van der Waals surface area contributed by atoms with Crippen LogP contribution < -0.4 is 15.0 Å². The number of hydrogen-bond acceptors (Lipinski definition) is 6. The Kier molecular flexibility index (Phi) is 8.74. The van der Waals surface area contributed by atoms with Crippen LogP contribution in [0.15, 0.2) is 47.5 Å². The van der Waals surface area contributed by atoms with Gasteiger partial charge in [0.05, 0.1) is 18.0 Å². The van der Waals surface area contributed by atoms with Crippen LogP contribution in [0.4, 0.5) is 10.5 Å². The third kappa shape index (κ3) is 6.85. The molecule has 2 aromatic carbocycles. The molecule has 1 aliphatic heterocycles. The van der Waals surface area contributed by atoms with Crippen LogP contribution in [0.5, 0.6) is 5.75 Å². The number of anilines is 1. The van der Waals surface area contributed by atoms with Gasteiger partial charge >= 0.3 is 6.09 Å². The van der Waals surface area contributed by atoms with Gasteiger partial charge in [0.25, 0.3) is 0 Å². The highest BCUT2D eigenvalue weighted by atomic mass is 35.5. The van der Waals surface area contributed by atoms with Gasteiger partial charge in [-0.15, -0.1) is 0 Å². The lowest BCUT2D eigenvalue weighted by atomic mass is 9.99. The fraction of sp³-hybridized carbons (Fsp3) is 0.407. The maximum absolute atomic E-state index is 11.8. The van der Waals surface area contributed by atoms with Crippen LogP contribution in [-0.2, 0) is 4.74 Å². The molecule has 3 N–H and O–H groups in total. The molecule has 2 aromatic rings. The number of aliphatic imine (C=N–C) groups is 1. The summed E-state index contributed by atoms with van der Waals surface area (Å²) < 4.78 is 11.2. The molecular weight excluding hydrogens is 478 g/mol. The molecule has 3 rings (SSSR count). The molecule has 0 unspecified atom stereocenters. The van der Waals surface area contributed by atoms with Crippen molar-refractivity contribution in [2.24, 2.45) is 4.99 Å². The predicted octanol–water partition coefficient (Wildman–Crippen LogP) is 6.04. The standard InChI is InChI=1S/C27H34ClN5O3/c1-6-22-25(30)33(17(2)29)23-13-12-20(35-15-7-14-31-26(34)36-27(3,4)5)16-21(23)24(32-22)18-8-10-19(28)11-9-18/h8-13,16,22,29-30H,6-7,14-15H2,1-5H3,(H,31,34)/t22-/m0/s1. The van der Waals surface area contributed by atoms with Gasteiger partial charge in [-0.2, -0.15) is 0 Å². The number of hydrogen-bond donors (Lipinski definition) is 3. The highest BCUT2D eigenvalue weighted by molar-refractivity contribution is 6.31. The zero-order chi connectivity index (χ0) is 26.5. The van der Waals surface area contributed by atoms with E-state index in [1.54, 1.807) is 11.8 Å². The van der Waals surface area contributed by atoms with Gasteiger partial charge < -0.3 is 14.8 Å². The van der Waals surface area contributed by atoms with Gasteiger partial charge in [-0.05, 0) is 70.9 Å². The van der Waals surface area contributed by atoms with Crippen molar-refractivity contribution < 1.29 is 14.3 Å². The summed E-state index contributed by atoms with van der Waals surface area (Å²) in [5.41, 5.74) is 2.53. The molecule has 9 heteroatoms. The van der Waals surface area contributed by atoms with E-state index in [1.165, 1.54) is 0 Å². The second kappa shape index (κ2) is 11.6. The Hall–Kier alpha value is -3.39. The normalized spacial score (nSPS) is 15.5. The number of rotatable bonds is 7. The zero-order valence-corrected chi connectivity index (χ0v) is 22.2. The van der Waals surface area contributed by atoms with E-state index in [-0.39, 0.29) is 11.7 Å². The smallest absolute Gasteiger partial charge is 0.407 e. The fourth-order valence-electron chi connectivity index (χ4n) is 3.81. The molecule has 0 saturated carbocycles. The Morgan fingerprint density at radius 3 is 2.50 bits per heavy atom. The van der Waals surface area contributed by atoms with Gasteiger partial charge in [0, 0.05) is 22.7 Å². The molecule has 8 nitrogen and oxygen atoms in total. The highest BCUT2D eigenvalue weighted by Crippen LogP contribution is 2.33. The van der Waals surface area contributed by atoms with E-state index in [1.807, 2.05) is 70.2 Å². The predicted molar refractivity (Wildman–Crippen MR) is 146 cm³/mol. The van der Waals surface area contributed by atoms with E-state index in [9.17, 15) is 4.79 Å². The first kappa shape index (κ1) is 27.2. The number of benzodiazepines with no additional fused rings is 1. The largest absolute Gasteiger partial charge is 0.494 e. The molecule has 1 atom stereocenters. The molecule has 0 bridgehead atoms. The summed E-state index contributed by atoms with van der Waals surface area (Å²) in [5.74, 6) is 1.14. The first-order valence-corrected chi connectivity index (χ1v) is 12.4. The number of nitrogens with one attached hydrogen (secondary N) is 3. The van der Waals surface area contributed by atoms with Crippen LogP contribution in [0.25, 0.3) is 0 Å². The Morgan fingerprint density at radius 2 is 1.89 bits per heavy atom. The lowest BCUT2D eigenvalue weighted by Gasteiger charge is -2.26. The van der Waals surface area contributed by atoms with Crippen molar-refractivity contribution in [2.45, 2.75) is 59.1 Å². The minimum absolute atomic E-state index is 0.245. The van der Waals surface area contributed by atoms with E-state index in [0.29, 0.717) is 42.5 Å². The Morgan fingerprint density at radius 1 is 1.19 bits per heavy atom. The van der Waals surface area contributed by atoms with E-state index in [4.69, 9.17) is 36.9 Å². The number of benzene rings is 2. The highest BCUT2D eigenvalue weighted by Gasteiger charge is 2.30. The summed E-state index contributed by atoms with van der Waals surface area (Å²) in [6.45, 7) is 9.93. The average Bonchev–Trinajstić information content (AvgIpc) is 2.92. The summed E-state index contributed by atoms with van der Waals surface area (Å²) in [5, 5.41) is 20.5. The molecule has 0 spiro atoms. The average molecular weight is 512 g/mol. The molecule has 1 heterocycles. The monoisotopic (exact) mass is 511 g/mol. The first-order valence-electron chi connectivity index (χ1n) is 12.0. The number of amides is 1. The van der Waals surface area contributed by atoms with Crippen LogP contribution in [0.2, 0.25) is 5.02 Å². The second-order valence-corrected chi connectivity index (χ2v) is 9.96. The Balaban J connectivity index is 1.85. The van der Waals surface area contributed by atoms with Crippen molar-refractivity contribution in [2.75, 3.05) is 18.1 Å². The van der Waals surface area contributed by atoms with Crippen LogP contribution >= 0.6 is 11.6 Å². The van der Waals surface area contributed by atoms with Gasteiger partial charge in [0.1, 0.15) is 29.1 Å². The van der Waals surface area contributed by atoms with Crippen molar-refractivity contribution in [3.63, 3.8) is 0 Å². The van der Waals surface area contributed by atoms with Crippen LogP contribution in [0, 0.1) is 10.8 Å². The van der Waals surface area contributed by atoms with Gasteiger partial charge in [0.15, 0.2) is 0 Å².